The van der Waals surface area contributed by atoms with Crippen LogP contribution < -0.4 is 20.0 Å². The van der Waals surface area contributed by atoms with Gasteiger partial charge in [-0.25, -0.2) is 9.59 Å². The van der Waals surface area contributed by atoms with Crippen molar-refractivity contribution in [3.8, 4) is 0 Å². The number of carbonyl (C=O) groups is 4. The Bertz CT molecular complexity index is 979. The van der Waals surface area contributed by atoms with Gasteiger partial charge in [0.2, 0.25) is 0 Å². The lowest BCUT2D eigenvalue weighted by Gasteiger charge is -2.20. The molecular formula is C52H102N2O10. The Labute approximate surface area is 393 Å². The van der Waals surface area contributed by atoms with Crippen molar-refractivity contribution in [1.29, 1.82) is 0 Å². The molecule has 12 heteroatoms. The third-order valence-electron chi connectivity index (χ3n) is 11.4. The third kappa shape index (κ3) is 55.6. The molecule has 0 saturated carbocycles. The highest BCUT2D eigenvalue weighted by Gasteiger charge is 2.18. The lowest BCUT2D eigenvalue weighted by atomic mass is 10.0. The summed E-state index contributed by atoms with van der Waals surface area (Å²) in [5.74, 6) is -3.33. The van der Waals surface area contributed by atoms with E-state index in [1.54, 1.807) is 14.2 Å². The molecule has 0 aliphatic carbocycles. The molecule has 0 heterocycles. The second kappa shape index (κ2) is 53.1. The molecule has 380 valence electrons. The number of carboxylic acids is 2. The van der Waals surface area contributed by atoms with Gasteiger partial charge in [0, 0.05) is 14.2 Å². The molecule has 0 rings (SSSR count). The minimum Gasteiger partial charge on any atom is -0.545 e. The maximum absolute atomic E-state index is 11.5. The molecule has 0 fully saturated rings. The van der Waals surface area contributed by atoms with Crippen LogP contribution in [0.1, 0.15) is 220 Å². The number of aliphatic carboxylic acids is 2. The van der Waals surface area contributed by atoms with E-state index in [4.69, 9.17) is 18.9 Å². The zero-order valence-corrected chi connectivity index (χ0v) is 42.8. The monoisotopic (exact) mass is 915 g/mol. The molecule has 12 nitrogen and oxygen atoms in total. The summed E-state index contributed by atoms with van der Waals surface area (Å²) in [6.45, 7) is 11.8. The molecule has 0 radical (unpaired) electrons. The van der Waals surface area contributed by atoms with Crippen LogP contribution in [0.3, 0.4) is 0 Å². The van der Waals surface area contributed by atoms with Gasteiger partial charge in [0.1, 0.15) is 25.3 Å². The lowest BCUT2D eigenvalue weighted by molar-refractivity contribution is -0.875. The number of ether oxygens (including phenoxy) is 4. The van der Waals surface area contributed by atoms with Gasteiger partial charge in [0.25, 0.3) is 0 Å². The van der Waals surface area contributed by atoms with Crippen LogP contribution in [0.15, 0.2) is 12.2 Å². The Morgan fingerprint density at radius 2 is 0.656 bits per heavy atom. The molecule has 0 aliphatic heterocycles. The molecule has 0 aromatic heterocycles. The first-order valence-electron chi connectivity index (χ1n) is 26.0. The number of unbranched alkanes of at least 4 members (excludes halogenated alkanes) is 26. The first-order valence-corrected chi connectivity index (χ1v) is 26.0. The van der Waals surface area contributed by atoms with E-state index in [9.17, 15) is 29.4 Å². The van der Waals surface area contributed by atoms with Crippen molar-refractivity contribution in [1.82, 2.24) is 0 Å². The van der Waals surface area contributed by atoms with Crippen LogP contribution in [0.25, 0.3) is 0 Å². The van der Waals surface area contributed by atoms with Crippen molar-refractivity contribution < 1.29 is 58.1 Å². The molecular weight excluding hydrogens is 813 g/mol. The van der Waals surface area contributed by atoms with E-state index in [-0.39, 0.29) is 24.1 Å². The molecule has 0 aliphatic rings. The summed E-state index contributed by atoms with van der Waals surface area (Å²) in [4.78, 5) is 44.2. The lowest BCUT2D eigenvalue weighted by Crippen LogP contribution is -3.11. The Morgan fingerprint density at radius 3 is 0.859 bits per heavy atom. The number of carboxylic acid groups (broad SMARTS) is 2. The predicted octanol–water partition coefficient (Wildman–Crippen LogP) is 6.94. The summed E-state index contributed by atoms with van der Waals surface area (Å²) in [6.07, 6.45) is 42.3. The van der Waals surface area contributed by atoms with Crippen LogP contribution in [-0.4, -0.2) is 104 Å². The normalized spacial score (nSPS) is 12.9. The first kappa shape index (κ1) is 65.7. The van der Waals surface area contributed by atoms with Crippen LogP contribution in [0.2, 0.25) is 0 Å². The van der Waals surface area contributed by atoms with E-state index in [0.717, 1.165) is 35.7 Å². The molecule has 64 heavy (non-hydrogen) atoms. The van der Waals surface area contributed by atoms with Gasteiger partial charge in [-0.05, 0) is 38.8 Å². The summed E-state index contributed by atoms with van der Waals surface area (Å²) in [5, 5.41) is 18.8. The van der Waals surface area contributed by atoms with E-state index < -0.39 is 11.9 Å². The summed E-state index contributed by atoms with van der Waals surface area (Å²) < 4.78 is 21.2. The molecule has 0 amide bonds. The number of hydrogen-bond acceptors (Lipinski definition) is 10. The maximum Gasteiger partial charge on any atom is 0.361 e. The largest absolute Gasteiger partial charge is 0.545 e. The quantitative estimate of drug-likeness (QED) is 0.0373. The van der Waals surface area contributed by atoms with Crippen molar-refractivity contribution in [3.05, 3.63) is 12.2 Å². The fourth-order valence-electron chi connectivity index (χ4n) is 7.71. The fraction of sp³-hybridized carbons (Fsp3) is 0.885. The van der Waals surface area contributed by atoms with Crippen molar-refractivity contribution in [2.75, 3.05) is 67.7 Å². The summed E-state index contributed by atoms with van der Waals surface area (Å²) in [6, 6.07) is 0. The first-order chi connectivity index (χ1) is 30.9. The molecule has 0 bridgehead atoms. The highest BCUT2D eigenvalue weighted by molar-refractivity contribution is 5.87. The van der Waals surface area contributed by atoms with Crippen molar-refractivity contribution in [2.24, 2.45) is 0 Å². The number of methoxy groups -OCH3 is 2. The topological polar surface area (TPSA) is 160 Å². The number of hydrogen-bond donors (Lipinski definition) is 2. The Kier molecular flexibility index (Phi) is 54.5. The summed E-state index contributed by atoms with van der Waals surface area (Å²) in [5.41, 5.74) is 0. The predicted molar refractivity (Wildman–Crippen MR) is 257 cm³/mol. The molecule has 2 N–H and O–H groups in total. The van der Waals surface area contributed by atoms with Crippen molar-refractivity contribution >= 4 is 23.9 Å². The Balaban J connectivity index is -0.000000991. The third-order valence-corrected chi connectivity index (χ3v) is 11.4. The van der Waals surface area contributed by atoms with E-state index in [0.29, 0.717) is 38.5 Å². The molecule has 0 saturated heterocycles. The highest BCUT2D eigenvalue weighted by atomic mass is 16.5. The van der Waals surface area contributed by atoms with Gasteiger partial charge in [-0.15, -0.1) is 0 Å². The summed E-state index contributed by atoms with van der Waals surface area (Å²) >= 11 is 0. The number of esters is 2. The maximum atomic E-state index is 11.5. The molecule has 4 unspecified atom stereocenters. The number of carbonyl (C=O) groups excluding carboxylic acids is 4. The van der Waals surface area contributed by atoms with Crippen molar-refractivity contribution in [2.45, 2.75) is 233 Å². The van der Waals surface area contributed by atoms with Crippen molar-refractivity contribution in [3.63, 3.8) is 0 Å². The number of rotatable bonds is 44. The zero-order chi connectivity index (χ0) is 48.3. The van der Waals surface area contributed by atoms with Gasteiger partial charge < -0.3 is 48.5 Å². The zero-order valence-electron chi connectivity index (χ0n) is 42.8. The van der Waals surface area contributed by atoms with Crippen LogP contribution in [0.4, 0.5) is 0 Å². The number of likely N-dealkylation sites (N-methyl/N-ethyl adjacent to an activating group) is 2. The van der Waals surface area contributed by atoms with Crippen LogP contribution in [-0.2, 0) is 38.1 Å². The molecule has 4 atom stereocenters. The highest BCUT2D eigenvalue weighted by Crippen LogP contribution is 2.15. The molecule has 0 aromatic carbocycles. The Morgan fingerprint density at radius 1 is 0.422 bits per heavy atom. The summed E-state index contributed by atoms with van der Waals surface area (Å²) in [7, 11) is 7.64. The number of quaternary nitrogens is 2. The second-order valence-electron chi connectivity index (χ2n) is 17.7. The van der Waals surface area contributed by atoms with E-state index in [1.165, 1.54) is 180 Å². The van der Waals surface area contributed by atoms with E-state index >= 15 is 0 Å². The minimum absolute atomic E-state index is 0.119. The smallest absolute Gasteiger partial charge is 0.361 e. The van der Waals surface area contributed by atoms with Gasteiger partial charge in [-0.3, -0.25) is 0 Å². The fourth-order valence-corrected chi connectivity index (χ4v) is 7.71. The average molecular weight is 915 g/mol. The van der Waals surface area contributed by atoms with Gasteiger partial charge in [-0.2, -0.15) is 0 Å². The van der Waals surface area contributed by atoms with Gasteiger partial charge in [0.15, 0.2) is 13.1 Å². The van der Waals surface area contributed by atoms with Crippen LogP contribution in [0.5, 0.6) is 0 Å². The molecule has 0 spiro atoms. The van der Waals surface area contributed by atoms with Crippen LogP contribution >= 0.6 is 0 Å². The second-order valence-corrected chi connectivity index (χ2v) is 17.7. The van der Waals surface area contributed by atoms with Gasteiger partial charge in [-0.1, -0.05) is 194 Å². The van der Waals surface area contributed by atoms with E-state index in [1.807, 2.05) is 27.9 Å². The number of nitrogens with one attached hydrogen (secondary N) is 2. The van der Waals surface area contributed by atoms with Gasteiger partial charge in [0.05, 0.1) is 39.2 Å². The molecule has 0 aromatic rings. The SMILES string of the molecule is CCCCCCCCCCCCCCCCC(C[NH+](C)CC(=O)OCC)OC.CCCCCCCCCCCCCCCCC(C[NH+](C)CC(=O)OCC)OC.O=C([O-])/C=C/C(=O)[O-]. The van der Waals surface area contributed by atoms with E-state index in [2.05, 4.69) is 13.8 Å². The Hall–Kier alpha value is -2.54. The van der Waals surface area contributed by atoms with Crippen LogP contribution in [0, 0.1) is 0 Å². The minimum atomic E-state index is -1.55. The van der Waals surface area contributed by atoms with Gasteiger partial charge >= 0.3 is 11.9 Å². The average Bonchev–Trinajstić information content (AvgIpc) is 3.25. The standard InChI is InChI=1S/2C24H49NO3.C4H4O4/c2*1-5-7-8-9-10-11-12-13-14-15-16-17-18-19-20-23(27-4)21-25(3)22-24(26)28-6-2;5-3(6)1-2-4(7)8/h2*23H,5-22H2,1-4H3;1-2H,(H,5,6)(H,7,8)/b;;2-1+.